The lowest BCUT2D eigenvalue weighted by atomic mass is 9.71. The van der Waals surface area contributed by atoms with Crippen molar-refractivity contribution >= 4 is 37.7 Å². The van der Waals surface area contributed by atoms with Crippen LogP contribution in [0.15, 0.2) is 91.0 Å². The fraction of sp³-hybridized carbons (Fsp3) is 0.280. The Labute approximate surface area is 206 Å². The average molecular weight is 470 g/mol. The molecule has 0 aromatic heterocycles. The molecule has 3 aliphatic heterocycles. The second kappa shape index (κ2) is 10.3. The monoisotopic (exact) mass is 470 g/mol. The zero-order valence-corrected chi connectivity index (χ0v) is 19.3. The van der Waals surface area contributed by atoms with E-state index in [0.29, 0.717) is 6.61 Å². The van der Waals surface area contributed by atoms with Crippen molar-refractivity contribution in [1.29, 1.82) is 0 Å². The lowest BCUT2D eigenvalue weighted by Gasteiger charge is -2.48. The number of hydrogen-bond acceptors (Lipinski definition) is 7. The molecule has 0 bridgehead atoms. The molecule has 176 valence electrons. The van der Waals surface area contributed by atoms with Gasteiger partial charge in [-0.05, 0) is 16.4 Å². The summed E-state index contributed by atoms with van der Waals surface area (Å²) in [4.78, 5) is 0. The minimum atomic E-state index is -0.682. The Hall–Kier alpha value is -2.43. The molecular formula is C25H25B3O7. The average Bonchev–Trinajstić information content (AvgIpc) is 3.15. The minimum absolute atomic E-state index is 0.343. The van der Waals surface area contributed by atoms with Crippen molar-refractivity contribution in [3.8, 4) is 0 Å². The van der Waals surface area contributed by atoms with Gasteiger partial charge in [-0.2, -0.15) is 0 Å². The summed E-state index contributed by atoms with van der Waals surface area (Å²) in [5, 5.41) is 0. The summed E-state index contributed by atoms with van der Waals surface area (Å²) < 4.78 is 44.0. The molecule has 5 atom stereocenters. The summed E-state index contributed by atoms with van der Waals surface area (Å²) in [6.45, 7) is 0.343. The molecule has 0 amide bonds. The zero-order valence-electron chi connectivity index (χ0n) is 19.3. The van der Waals surface area contributed by atoms with E-state index in [1.165, 1.54) is 0 Å². The molecule has 0 saturated carbocycles. The van der Waals surface area contributed by atoms with Gasteiger partial charge in [0.1, 0.15) is 12.2 Å². The maximum Gasteiger partial charge on any atom is 0.494 e. The van der Waals surface area contributed by atoms with E-state index >= 15 is 0 Å². The highest BCUT2D eigenvalue weighted by Crippen LogP contribution is 2.33. The van der Waals surface area contributed by atoms with E-state index in [1.807, 2.05) is 91.0 Å². The number of benzene rings is 3. The summed E-state index contributed by atoms with van der Waals surface area (Å²) in [5.74, 6) is 0. The first-order valence-electron chi connectivity index (χ1n) is 11.9. The molecule has 0 unspecified atom stereocenters. The molecule has 3 aromatic carbocycles. The number of methoxy groups -OCH3 is 1. The van der Waals surface area contributed by atoms with Crippen molar-refractivity contribution in [2.75, 3.05) is 13.7 Å². The van der Waals surface area contributed by atoms with E-state index in [0.717, 1.165) is 16.4 Å². The van der Waals surface area contributed by atoms with Crippen LogP contribution in [0.1, 0.15) is 0 Å². The maximum absolute atomic E-state index is 6.65. The fourth-order valence-electron chi connectivity index (χ4n) is 4.81. The quantitative estimate of drug-likeness (QED) is 0.523. The van der Waals surface area contributed by atoms with Crippen LogP contribution in [0.5, 0.6) is 0 Å². The Morgan fingerprint density at radius 2 is 1.11 bits per heavy atom. The molecular weight excluding hydrogens is 445 g/mol. The standard InChI is InChI=1S/C25H25B3O7/c1-29-25-24-23(22-21(31-25)17-30-26(32-22)18-11-5-2-6-12-18)33-27(19-13-7-3-8-14-19)35-28(34-24)20-15-9-4-10-16-20/h2-16,21-25H,17H2,1H3/t21-,22+,23+,24-,25+/m1/s1. The first kappa shape index (κ1) is 23.0. The van der Waals surface area contributed by atoms with Gasteiger partial charge in [-0.3, -0.25) is 0 Å². The number of fused-ring (bicyclic) bond motifs is 3. The lowest BCUT2D eigenvalue weighted by molar-refractivity contribution is -0.289. The van der Waals surface area contributed by atoms with E-state index in [4.69, 9.17) is 32.7 Å². The summed E-state index contributed by atoms with van der Waals surface area (Å²) >= 11 is 0. The van der Waals surface area contributed by atoms with E-state index < -0.39 is 46.0 Å². The van der Waals surface area contributed by atoms with Gasteiger partial charge in [-0.1, -0.05) is 91.0 Å². The van der Waals surface area contributed by atoms with Crippen LogP contribution in [0, 0.1) is 0 Å². The maximum atomic E-state index is 6.65. The molecule has 6 rings (SSSR count). The van der Waals surface area contributed by atoms with Crippen LogP contribution < -0.4 is 16.4 Å². The van der Waals surface area contributed by atoms with Crippen LogP contribution >= 0.6 is 0 Å². The summed E-state index contributed by atoms with van der Waals surface area (Å²) in [6.07, 6.45) is -2.61. The Morgan fingerprint density at radius 1 is 0.629 bits per heavy atom. The Kier molecular flexibility index (Phi) is 6.76. The third-order valence-corrected chi connectivity index (χ3v) is 6.54. The molecule has 3 aliphatic rings. The highest BCUT2D eigenvalue weighted by molar-refractivity contribution is 6.74. The minimum Gasteiger partial charge on any atom is -0.443 e. The molecule has 0 spiro atoms. The van der Waals surface area contributed by atoms with Gasteiger partial charge in [0.15, 0.2) is 6.29 Å². The Balaban J connectivity index is 1.36. The molecule has 0 aliphatic carbocycles. The summed E-state index contributed by atoms with van der Waals surface area (Å²) in [5.41, 5.74) is 2.70. The zero-order chi connectivity index (χ0) is 23.6. The second-order valence-corrected chi connectivity index (χ2v) is 8.78. The van der Waals surface area contributed by atoms with Crippen LogP contribution in [-0.2, 0) is 32.7 Å². The van der Waals surface area contributed by atoms with Crippen molar-refractivity contribution in [3.63, 3.8) is 0 Å². The van der Waals surface area contributed by atoms with Gasteiger partial charge in [-0.25, -0.2) is 0 Å². The van der Waals surface area contributed by atoms with Crippen molar-refractivity contribution in [2.45, 2.75) is 30.7 Å². The predicted octanol–water partition coefficient (Wildman–Crippen LogP) is 0.760. The molecule has 3 fully saturated rings. The van der Waals surface area contributed by atoms with Crippen molar-refractivity contribution < 1.29 is 32.7 Å². The first-order chi connectivity index (χ1) is 17.3. The second-order valence-electron chi connectivity index (χ2n) is 8.78. The van der Waals surface area contributed by atoms with Crippen molar-refractivity contribution in [3.05, 3.63) is 91.0 Å². The third-order valence-electron chi connectivity index (χ3n) is 6.54. The normalized spacial score (nSPS) is 28.7. The first-order valence-corrected chi connectivity index (χ1v) is 11.9. The topological polar surface area (TPSA) is 64.6 Å². The third kappa shape index (κ3) is 4.71. The molecule has 35 heavy (non-hydrogen) atoms. The van der Waals surface area contributed by atoms with Gasteiger partial charge in [-0.15, -0.1) is 0 Å². The molecule has 0 N–H and O–H groups in total. The SMILES string of the molecule is CO[C@H]1O[C@@H]2COB(c3ccccc3)O[C@@H]2[C@@H]2OB(c3ccccc3)OB(c3ccccc3)O[C@@H]12. The molecule has 10 heteroatoms. The largest absolute Gasteiger partial charge is 0.494 e. The highest BCUT2D eigenvalue weighted by atomic mass is 16.8. The van der Waals surface area contributed by atoms with Gasteiger partial charge >= 0.3 is 21.4 Å². The lowest BCUT2D eigenvalue weighted by Crippen LogP contribution is -2.67. The van der Waals surface area contributed by atoms with Crippen LogP contribution in [0.2, 0.25) is 0 Å². The predicted molar refractivity (Wildman–Crippen MR) is 133 cm³/mol. The van der Waals surface area contributed by atoms with Crippen LogP contribution in [-0.4, -0.2) is 65.8 Å². The van der Waals surface area contributed by atoms with E-state index in [-0.39, 0.29) is 6.10 Å². The smallest absolute Gasteiger partial charge is 0.443 e. The van der Waals surface area contributed by atoms with Crippen LogP contribution in [0.3, 0.4) is 0 Å². The van der Waals surface area contributed by atoms with Crippen LogP contribution in [0.4, 0.5) is 0 Å². The Morgan fingerprint density at radius 3 is 1.66 bits per heavy atom. The van der Waals surface area contributed by atoms with Gasteiger partial charge in [0.2, 0.25) is 0 Å². The van der Waals surface area contributed by atoms with Gasteiger partial charge in [0.05, 0.1) is 18.8 Å². The van der Waals surface area contributed by atoms with Crippen LogP contribution in [0.25, 0.3) is 0 Å². The fourth-order valence-corrected chi connectivity index (χ4v) is 4.81. The molecule has 3 aromatic rings. The van der Waals surface area contributed by atoms with Gasteiger partial charge < -0.3 is 32.7 Å². The molecule has 0 radical (unpaired) electrons. The van der Waals surface area contributed by atoms with E-state index in [2.05, 4.69) is 0 Å². The van der Waals surface area contributed by atoms with Crippen molar-refractivity contribution in [1.82, 2.24) is 0 Å². The highest BCUT2D eigenvalue weighted by Gasteiger charge is 2.56. The van der Waals surface area contributed by atoms with E-state index in [9.17, 15) is 0 Å². The summed E-state index contributed by atoms with van der Waals surface area (Å²) in [7, 11) is -0.289. The van der Waals surface area contributed by atoms with Gasteiger partial charge in [0.25, 0.3) is 0 Å². The number of hydrogen-bond donors (Lipinski definition) is 0. The summed E-state index contributed by atoms with van der Waals surface area (Å²) in [6, 6.07) is 29.5. The van der Waals surface area contributed by atoms with E-state index in [1.54, 1.807) is 7.11 Å². The number of rotatable bonds is 4. The molecule has 7 nitrogen and oxygen atoms in total. The number of ether oxygens (including phenoxy) is 2. The molecule has 3 saturated heterocycles. The van der Waals surface area contributed by atoms with Crippen molar-refractivity contribution in [2.24, 2.45) is 0 Å². The van der Waals surface area contributed by atoms with Gasteiger partial charge in [0, 0.05) is 7.11 Å². The Bertz CT molecular complexity index is 1090. The molecule has 3 heterocycles.